The van der Waals surface area contributed by atoms with Crippen molar-refractivity contribution in [3.05, 3.63) is 59.7 Å². The van der Waals surface area contributed by atoms with Gasteiger partial charge in [-0.05, 0) is 13.0 Å². The molecule has 1 N–H and O–H groups in total. The maximum Gasteiger partial charge on any atom is 0.129 e. The monoisotopic (exact) mass is 294 g/mol. The summed E-state index contributed by atoms with van der Waals surface area (Å²) in [6, 6.07) is 9.89. The average Bonchev–Trinajstić information content (AvgIpc) is 2.45. The van der Waals surface area contributed by atoms with E-state index in [-0.39, 0.29) is 12.4 Å². The first-order chi connectivity index (χ1) is 10.1. The molecule has 0 fully saturated rings. The number of rotatable bonds is 6. The van der Waals surface area contributed by atoms with Gasteiger partial charge in [-0.2, -0.15) is 0 Å². The molecule has 112 valence electrons. The van der Waals surface area contributed by atoms with Crippen LogP contribution >= 0.6 is 0 Å². The highest BCUT2D eigenvalue weighted by Gasteiger charge is 2.14. The topological polar surface area (TPSA) is 38.7 Å². The van der Waals surface area contributed by atoms with Crippen LogP contribution in [0, 0.1) is 11.6 Å². The van der Waals surface area contributed by atoms with E-state index < -0.39 is 17.7 Å². The summed E-state index contributed by atoms with van der Waals surface area (Å²) in [5.74, 6) is -0.870. The molecule has 0 amide bonds. The zero-order valence-corrected chi connectivity index (χ0v) is 11.6. The Labute approximate surface area is 121 Å². The standard InChI is InChI=1S/C16H16F2O3/c1-2-20-16-6-4-3-5-14(16)15(19)10-21-13-8-11(17)7-12(18)9-13/h3-9,15,19H,2,10H2,1H3. The van der Waals surface area contributed by atoms with Crippen molar-refractivity contribution in [2.75, 3.05) is 13.2 Å². The molecule has 0 aliphatic carbocycles. The van der Waals surface area contributed by atoms with Gasteiger partial charge in [0.05, 0.1) is 6.61 Å². The molecule has 0 heterocycles. The van der Waals surface area contributed by atoms with E-state index in [1.165, 1.54) is 0 Å². The van der Waals surface area contributed by atoms with E-state index >= 15 is 0 Å². The van der Waals surface area contributed by atoms with Crippen molar-refractivity contribution in [3.8, 4) is 11.5 Å². The van der Waals surface area contributed by atoms with Crippen molar-refractivity contribution in [1.82, 2.24) is 0 Å². The van der Waals surface area contributed by atoms with Gasteiger partial charge < -0.3 is 14.6 Å². The Kier molecular flexibility index (Phi) is 5.11. The van der Waals surface area contributed by atoms with Crippen LogP contribution in [0.15, 0.2) is 42.5 Å². The molecule has 0 spiro atoms. The zero-order chi connectivity index (χ0) is 15.2. The maximum absolute atomic E-state index is 13.0. The average molecular weight is 294 g/mol. The molecular weight excluding hydrogens is 278 g/mol. The number of aliphatic hydroxyl groups excluding tert-OH is 1. The molecule has 1 atom stereocenters. The van der Waals surface area contributed by atoms with Crippen LogP contribution in [-0.2, 0) is 0 Å². The van der Waals surface area contributed by atoms with Crippen molar-refractivity contribution in [1.29, 1.82) is 0 Å². The number of ether oxygens (including phenoxy) is 2. The molecule has 5 heteroatoms. The molecule has 0 saturated heterocycles. The Morgan fingerprint density at radius 2 is 1.71 bits per heavy atom. The van der Waals surface area contributed by atoms with Crippen LogP contribution in [0.4, 0.5) is 8.78 Å². The second-order valence-electron chi connectivity index (χ2n) is 4.40. The largest absolute Gasteiger partial charge is 0.493 e. The fourth-order valence-electron chi connectivity index (χ4n) is 1.92. The van der Waals surface area contributed by atoms with Crippen molar-refractivity contribution in [2.45, 2.75) is 13.0 Å². The van der Waals surface area contributed by atoms with Crippen molar-refractivity contribution in [3.63, 3.8) is 0 Å². The van der Waals surface area contributed by atoms with Crippen LogP contribution < -0.4 is 9.47 Å². The van der Waals surface area contributed by atoms with Gasteiger partial charge in [-0.3, -0.25) is 0 Å². The fraction of sp³-hybridized carbons (Fsp3) is 0.250. The van der Waals surface area contributed by atoms with Crippen LogP contribution in [0.25, 0.3) is 0 Å². The summed E-state index contributed by atoms with van der Waals surface area (Å²) < 4.78 is 36.7. The van der Waals surface area contributed by atoms with E-state index in [4.69, 9.17) is 9.47 Å². The van der Waals surface area contributed by atoms with Crippen molar-refractivity contribution < 1.29 is 23.4 Å². The van der Waals surface area contributed by atoms with E-state index in [1.807, 2.05) is 6.92 Å². The van der Waals surface area contributed by atoms with E-state index in [9.17, 15) is 13.9 Å². The summed E-state index contributed by atoms with van der Waals surface area (Å²) in [7, 11) is 0. The fourth-order valence-corrected chi connectivity index (χ4v) is 1.92. The van der Waals surface area contributed by atoms with Gasteiger partial charge in [0, 0.05) is 23.8 Å². The summed E-state index contributed by atoms with van der Waals surface area (Å²) in [6.07, 6.45) is -0.959. The third-order valence-electron chi connectivity index (χ3n) is 2.82. The lowest BCUT2D eigenvalue weighted by atomic mass is 10.1. The Morgan fingerprint density at radius 3 is 2.38 bits per heavy atom. The summed E-state index contributed by atoms with van der Waals surface area (Å²) in [4.78, 5) is 0. The molecule has 0 aliphatic heterocycles. The Hall–Kier alpha value is -2.14. The van der Waals surface area contributed by atoms with Gasteiger partial charge in [0.1, 0.15) is 35.8 Å². The van der Waals surface area contributed by atoms with Gasteiger partial charge in [-0.15, -0.1) is 0 Å². The number of halogens is 2. The molecule has 2 aromatic carbocycles. The molecule has 2 rings (SSSR count). The molecule has 3 nitrogen and oxygen atoms in total. The Balaban J connectivity index is 2.06. The third kappa shape index (κ3) is 4.16. The SMILES string of the molecule is CCOc1ccccc1C(O)COc1cc(F)cc(F)c1. The second kappa shape index (κ2) is 7.04. The van der Waals surface area contributed by atoms with Gasteiger partial charge in [-0.25, -0.2) is 8.78 Å². The van der Waals surface area contributed by atoms with E-state index in [0.717, 1.165) is 18.2 Å². The van der Waals surface area contributed by atoms with Crippen molar-refractivity contribution >= 4 is 0 Å². The van der Waals surface area contributed by atoms with Gasteiger partial charge in [0.2, 0.25) is 0 Å². The smallest absolute Gasteiger partial charge is 0.129 e. The first-order valence-corrected chi connectivity index (χ1v) is 6.59. The van der Waals surface area contributed by atoms with Gasteiger partial charge >= 0.3 is 0 Å². The minimum absolute atomic E-state index is 0.0282. The summed E-state index contributed by atoms with van der Waals surface area (Å²) >= 11 is 0. The predicted octanol–water partition coefficient (Wildman–Crippen LogP) is 3.48. The number of hydrogen-bond acceptors (Lipinski definition) is 3. The van der Waals surface area contributed by atoms with E-state index in [1.54, 1.807) is 24.3 Å². The molecule has 1 unspecified atom stereocenters. The molecule has 0 aromatic heterocycles. The highest BCUT2D eigenvalue weighted by Crippen LogP contribution is 2.26. The highest BCUT2D eigenvalue weighted by molar-refractivity contribution is 5.35. The molecule has 0 aliphatic rings. The van der Waals surface area contributed by atoms with Crippen LogP contribution in [0.1, 0.15) is 18.6 Å². The Morgan fingerprint density at radius 1 is 1.05 bits per heavy atom. The summed E-state index contributed by atoms with van der Waals surface area (Å²) in [6.45, 7) is 2.18. The van der Waals surface area contributed by atoms with Gasteiger partial charge in [0.15, 0.2) is 0 Å². The number of benzene rings is 2. The molecular formula is C16H16F2O3. The van der Waals surface area contributed by atoms with Crippen LogP contribution in [-0.4, -0.2) is 18.3 Å². The van der Waals surface area contributed by atoms with Crippen molar-refractivity contribution in [2.24, 2.45) is 0 Å². The van der Waals surface area contributed by atoms with Gasteiger partial charge in [-0.1, -0.05) is 18.2 Å². The number of para-hydroxylation sites is 1. The molecule has 0 radical (unpaired) electrons. The molecule has 21 heavy (non-hydrogen) atoms. The third-order valence-corrected chi connectivity index (χ3v) is 2.82. The van der Waals surface area contributed by atoms with Gasteiger partial charge in [0.25, 0.3) is 0 Å². The molecule has 2 aromatic rings. The lowest BCUT2D eigenvalue weighted by Gasteiger charge is -2.16. The van der Waals surface area contributed by atoms with Crippen LogP contribution in [0.3, 0.4) is 0 Å². The number of hydrogen-bond donors (Lipinski definition) is 1. The first kappa shape index (κ1) is 15.3. The predicted molar refractivity (Wildman–Crippen MR) is 74.4 cm³/mol. The molecule has 0 bridgehead atoms. The maximum atomic E-state index is 13.0. The van der Waals surface area contributed by atoms with E-state index in [0.29, 0.717) is 17.9 Å². The number of aliphatic hydroxyl groups is 1. The second-order valence-corrected chi connectivity index (χ2v) is 4.40. The lowest BCUT2D eigenvalue weighted by molar-refractivity contribution is 0.104. The Bertz CT molecular complexity index is 582. The van der Waals surface area contributed by atoms with E-state index in [2.05, 4.69) is 0 Å². The summed E-state index contributed by atoms with van der Waals surface area (Å²) in [5.41, 5.74) is 0.566. The quantitative estimate of drug-likeness (QED) is 0.886. The minimum Gasteiger partial charge on any atom is -0.493 e. The minimum atomic E-state index is -0.959. The zero-order valence-electron chi connectivity index (χ0n) is 11.6. The normalized spacial score (nSPS) is 12.0. The lowest BCUT2D eigenvalue weighted by Crippen LogP contribution is -2.11. The van der Waals surface area contributed by atoms with Crippen LogP contribution in [0.2, 0.25) is 0 Å². The molecule has 0 saturated carbocycles. The van der Waals surface area contributed by atoms with Crippen LogP contribution in [0.5, 0.6) is 11.5 Å². The first-order valence-electron chi connectivity index (χ1n) is 6.59. The summed E-state index contributed by atoms with van der Waals surface area (Å²) in [5, 5.41) is 10.1. The highest BCUT2D eigenvalue weighted by atomic mass is 19.1.